The third-order valence-electron chi connectivity index (χ3n) is 5.63. The van der Waals surface area contributed by atoms with Crippen molar-refractivity contribution in [3.63, 3.8) is 0 Å². The van der Waals surface area contributed by atoms with Crippen LogP contribution in [0.3, 0.4) is 0 Å². The van der Waals surface area contributed by atoms with Crippen molar-refractivity contribution >= 4 is 23.1 Å². The highest BCUT2D eigenvalue weighted by Gasteiger charge is 2.47. The van der Waals surface area contributed by atoms with E-state index in [0.29, 0.717) is 12.4 Å². The van der Waals surface area contributed by atoms with Gasteiger partial charge in [-0.2, -0.15) is 0 Å². The molecule has 1 atom stereocenters. The van der Waals surface area contributed by atoms with Gasteiger partial charge in [0, 0.05) is 17.8 Å². The molecule has 1 aliphatic heterocycles. The highest BCUT2D eigenvalue weighted by Crippen LogP contribution is 2.44. The van der Waals surface area contributed by atoms with Crippen molar-refractivity contribution in [3.05, 3.63) is 89.0 Å². The van der Waals surface area contributed by atoms with Crippen molar-refractivity contribution in [1.82, 2.24) is 0 Å². The number of Topliss-reactive ketones (excluding diaryl/α,β-unsaturated/α-hetero) is 1. The van der Waals surface area contributed by atoms with Gasteiger partial charge < -0.3 is 19.7 Å². The second-order valence-electron chi connectivity index (χ2n) is 7.89. The molecule has 0 saturated carbocycles. The maximum Gasteiger partial charge on any atom is 0.300 e. The summed E-state index contributed by atoms with van der Waals surface area (Å²) in [5, 5.41) is 21.4. The number of hydrogen-bond acceptors (Lipinski definition) is 6. The van der Waals surface area contributed by atoms with Crippen LogP contribution >= 0.6 is 0 Å². The molecule has 3 aromatic rings. The van der Waals surface area contributed by atoms with E-state index in [0.717, 1.165) is 23.1 Å². The summed E-state index contributed by atoms with van der Waals surface area (Å²) in [6.45, 7) is 4.19. The number of phenolic OH excluding ortho intramolecular Hbond substituents is 1. The lowest BCUT2D eigenvalue weighted by Gasteiger charge is -2.25. The van der Waals surface area contributed by atoms with Crippen molar-refractivity contribution in [1.29, 1.82) is 0 Å². The number of amides is 1. The number of ketones is 1. The van der Waals surface area contributed by atoms with E-state index in [4.69, 9.17) is 9.47 Å². The SMILES string of the molecule is CCOc1ccc(/C(O)=C2/C(=O)C(=O)N(c3ccc(F)c(F)c3)C2c2cccc(O)c2)c(OCC)c1. The number of hydrogen-bond donors (Lipinski definition) is 2. The molecule has 0 aromatic heterocycles. The van der Waals surface area contributed by atoms with Crippen LogP contribution in [0.2, 0.25) is 0 Å². The van der Waals surface area contributed by atoms with Crippen molar-refractivity contribution in [2.45, 2.75) is 19.9 Å². The number of aliphatic hydroxyl groups is 1. The lowest BCUT2D eigenvalue weighted by molar-refractivity contribution is -0.132. The van der Waals surface area contributed by atoms with Crippen molar-refractivity contribution < 1.29 is 38.1 Å². The highest BCUT2D eigenvalue weighted by molar-refractivity contribution is 6.51. The molecule has 36 heavy (non-hydrogen) atoms. The first-order chi connectivity index (χ1) is 17.3. The minimum atomic E-state index is -1.25. The standard InChI is InChI=1S/C27H23F2NO6/c1-3-35-18-9-10-19(22(14-18)36-4-2)25(32)23-24(15-6-5-7-17(31)12-15)30(27(34)26(23)33)16-8-11-20(28)21(29)13-16/h5-14,24,31-32H,3-4H2,1-2H3/b25-23-. The fourth-order valence-corrected chi connectivity index (χ4v) is 4.12. The third-order valence-corrected chi connectivity index (χ3v) is 5.63. The predicted octanol–water partition coefficient (Wildman–Crippen LogP) is 5.09. The zero-order chi connectivity index (χ0) is 26.0. The van der Waals surface area contributed by atoms with Gasteiger partial charge in [-0.05, 0) is 55.8 Å². The number of carbonyl (C=O) groups is 2. The van der Waals surface area contributed by atoms with Gasteiger partial charge in [-0.15, -0.1) is 0 Å². The summed E-state index contributed by atoms with van der Waals surface area (Å²) in [6.07, 6.45) is 0. The number of benzene rings is 3. The molecule has 0 bridgehead atoms. The number of nitrogens with zero attached hydrogens (tertiary/aromatic N) is 1. The lowest BCUT2D eigenvalue weighted by Crippen LogP contribution is -2.29. The molecule has 1 heterocycles. The summed E-state index contributed by atoms with van der Waals surface area (Å²) in [5.41, 5.74) is -0.00122. The first-order valence-corrected chi connectivity index (χ1v) is 11.2. The van der Waals surface area contributed by atoms with Crippen molar-refractivity contribution in [2.75, 3.05) is 18.1 Å². The van der Waals surface area contributed by atoms with E-state index in [1.807, 2.05) is 6.92 Å². The number of carbonyl (C=O) groups excluding carboxylic acids is 2. The normalized spacial score (nSPS) is 16.9. The summed E-state index contributed by atoms with van der Waals surface area (Å²) in [7, 11) is 0. The minimum Gasteiger partial charge on any atom is -0.508 e. The van der Waals surface area contributed by atoms with Crippen molar-refractivity contribution in [3.8, 4) is 17.2 Å². The molecule has 2 N–H and O–H groups in total. The number of anilines is 1. The highest BCUT2D eigenvalue weighted by atomic mass is 19.2. The number of aliphatic hydroxyl groups excluding tert-OH is 1. The largest absolute Gasteiger partial charge is 0.508 e. The van der Waals surface area contributed by atoms with Crippen LogP contribution in [0.1, 0.15) is 31.0 Å². The van der Waals surface area contributed by atoms with Crippen LogP contribution in [0.4, 0.5) is 14.5 Å². The number of phenols is 1. The molecule has 0 spiro atoms. The van der Waals surface area contributed by atoms with Gasteiger partial charge in [0.15, 0.2) is 11.6 Å². The molecule has 9 heteroatoms. The zero-order valence-electron chi connectivity index (χ0n) is 19.5. The first-order valence-electron chi connectivity index (χ1n) is 11.2. The van der Waals surface area contributed by atoms with Crippen LogP contribution in [0.15, 0.2) is 66.2 Å². The Balaban J connectivity index is 1.96. The van der Waals surface area contributed by atoms with E-state index in [1.165, 1.54) is 30.3 Å². The predicted molar refractivity (Wildman–Crippen MR) is 128 cm³/mol. The van der Waals surface area contributed by atoms with Gasteiger partial charge in [0.25, 0.3) is 11.7 Å². The maximum absolute atomic E-state index is 14.1. The molecular formula is C27H23F2NO6. The van der Waals surface area contributed by atoms with E-state index in [9.17, 15) is 28.6 Å². The van der Waals surface area contributed by atoms with Crippen LogP contribution in [0, 0.1) is 11.6 Å². The van der Waals surface area contributed by atoms with Crippen LogP contribution < -0.4 is 14.4 Å². The third kappa shape index (κ3) is 4.47. The van der Waals surface area contributed by atoms with E-state index in [1.54, 1.807) is 19.1 Å². The molecule has 3 aromatic carbocycles. The molecule has 0 radical (unpaired) electrons. The van der Waals surface area contributed by atoms with E-state index in [-0.39, 0.29) is 40.5 Å². The molecule has 1 amide bonds. The van der Waals surface area contributed by atoms with Gasteiger partial charge >= 0.3 is 0 Å². The van der Waals surface area contributed by atoms with Gasteiger partial charge in [0.05, 0.1) is 30.4 Å². The Bertz CT molecular complexity index is 1370. The Hall–Kier alpha value is -4.40. The van der Waals surface area contributed by atoms with Crippen LogP contribution in [0.5, 0.6) is 17.2 Å². The number of rotatable bonds is 7. The van der Waals surface area contributed by atoms with Gasteiger partial charge in [0.1, 0.15) is 23.0 Å². The van der Waals surface area contributed by atoms with Crippen LogP contribution in [-0.4, -0.2) is 35.1 Å². The maximum atomic E-state index is 14.1. The molecule has 1 saturated heterocycles. The average Bonchev–Trinajstić information content (AvgIpc) is 3.11. The van der Waals surface area contributed by atoms with E-state index >= 15 is 0 Å². The van der Waals surface area contributed by atoms with Gasteiger partial charge in [0.2, 0.25) is 0 Å². The van der Waals surface area contributed by atoms with Crippen LogP contribution in [0.25, 0.3) is 5.76 Å². The molecule has 1 fully saturated rings. The van der Waals surface area contributed by atoms with Gasteiger partial charge in [-0.3, -0.25) is 14.5 Å². The summed E-state index contributed by atoms with van der Waals surface area (Å²) in [5.74, 6) is -4.42. The smallest absolute Gasteiger partial charge is 0.300 e. The Morgan fingerprint density at radius 1 is 0.944 bits per heavy atom. The Kier molecular flexibility index (Phi) is 6.91. The van der Waals surface area contributed by atoms with Crippen molar-refractivity contribution in [2.24, 2.45) is 0 Å². The topological polar surface area (TPSA) is 96.3 Å². The number of halogens is 2. The molecule has 186 valence electrons. The number of aromatic hydroxyl groups is 1. The molecule has 7 nitrogen and oxygen atoms in total. The molecule has 4 rings (SSSR count). The molecular weight excluding hydrogens is 472 g/mol. The molecule has 1 unspecified atom stereocenters. The first kappa shape index (κ1) is 24.7. The second-order valence-corrected chi connectivity index (χ2v) is 7.89. The summed E-state index contributed by atoms with van der Waals surface area (Å²) in [4.78, 5) is 27.4. The van der Waals surface area contributed by atoms with E-state index in [2.05, 4.69) is 0 Å². The zero-order valence-corrected chi connectivity index (χ0v) is 19.5. The molecule has 1 aliphatic rings. The summed E-state index contributed by atoms with van der Waals surface area (Å²) < 4.78 is 38.8. The Morgan fingerprint density at radius 2 is 1.69 bits per heavy atom. The second kappa shape index (κ2) is 10.1. The summed E-state index contributed by atoms with van der Waals surface area (Å²) in [6, 6.07) is 11.9. The van der Waals surface area contributed by atoms with Gasteiger partial charge in [-0.25, -0.2) is 8.78 Å². The summed E-state index contributed by atoms with van der Waals surface area (Å²) >= 11 is 0. The fourth-order valence-electron chi connectivity index (χ4n) is 4.12. The Morgan fingerprint density at radius 3 is 2.36 bits per heavy atom. The lowest BCUT2D eigenvalue weighted by atomic mass is 9.94. The molecule has 0 aliphatic carbocycles. The quantitative estimate of drug-likeness (QED) is 0.269. The number of ether oxygens (including phenoxy) is 2. The Labute approximate surface area is 205 Å². The van der Waals surface area contributed by atoms with Crippen LogP contribution in [-0.2, 0) is 9.59 Å². The monoisotopic (exact) mass is 495 g/mol. The minimum absolute atomic E-state index is 0.0971. The fraction of sp³-hybridized carbons (Fsp3) is 0.185. The van der Waals surface area contributed by atoms with E-state index < -0.39 is 35.1 Å². The average molecular weight is 495 g/mol. The van der Waals surface area contributed by atoms with Gasteiger partial charge in [-0.1, -0.05) is 12.1 Å².